The number of hydrogen-bond donors (Lipinski definition) is 2. The Morgan fingerprint density at radius 2 is 0.667 bits per heavy atom. The molecule has 0 bridgehead atoms. The normalized spacial score (nSPS) is 13.9. The Labute approximate surface area is 185 Å². The van der Waals surface area contributed by atoms with Gasteiger partial charge >= 0.3 is 0 Å². The van der Waals surface area contributed by atoms with Crippen LogP contribution >= 0.6 is 0 Å². The van der Waals surface area contributed by atoms with Crippen molar-refractivity contribution in [3.8, 4) is 0 Å². The van der Waals surface area contributed by atoms with Crippen LogP contribution in [0, 0.1) is 0 Å². The molecule has 30 heavy (non-hydrogen) atoms. The molecule has 0 radical (unpaired) electrons. The van der Waals surface area contributed by atoms with E-state index in [9.17, 15) is 0 Å². The van der Waals surface area contributed by atoms with Gasteiger partial charge in [-0.3, -0.25) is 0 Å². The van der Waals surface area contributed by atoms with Crippen LogP contribution in [0.15, 0.2) is 36.4 Å². The lowest BCUT2D eigenvalue weighted by molar-refractivity contribution is 0.667. The summed E-state index contributed by atoms with van der Waals surface area (Å²) in [5.74, 6) is 1.98. The van der Waals surface area contributed by atoms with Crippen LogP contribution in [-0.4, -0.2) is 12.1 Å². The molecule has 0 spiro atoms. The highest BCUT2D eigenvalue weighted by atomic mass is 15.0. The first-order valence-corrected chi connectivity index (χ1v) is 11.8. The smallest absolute Gasteiger partial charge is 0.0432 e. The van der Waals surface area contributed by atoms with Crippen molar-refractivity contribution < 1.29 is 0 Å². The first kappa shape index (κ1) is 24.3. The SMILES string of the molecule is CC(C)c1cccc(C(C)C)c1N[C@@H](C)[C@H](C)Nc1c(C(C)C)cccc1C(C)C. The summed E-state index contributed by atoms with van der Waals surface area (Å²) in [6, 6.07) is 14.1. The predicted molar refractivity (Wildman–Crippen MR) is 135 cm³/mol. The van der Waals surface area contributed by atoms with E-state index in [1.165, 1.54) is 33.6 Å². The highest BCUT2D eigenvalue weighted by Crippen LogP contribution is 2.35. The Morgan fingerprint density at radius 1 is 0.433 bits per heavy atom. The molecule has 0 amide bonds. The summed E-state index contributed by atoms with van der Waals surface area (Å²) in [5.41, 5.74) is 8.28. The van der Waals surface area contributed by atoms with Gasteiger partial charge in [0.2, 0.25) is 0 Å². The fourth-order valence-corrected chi connectivity index (χ4v) is 4.14. The maximum atomic E-state index is 3.90. The number of benzene rings is 2. The standard InChI is InChI=1S/C28H44N2/c1-17(2)23-13-11-14-24(18(3)4)27(23)29-21(9)22(10)30-28-25(19(5)6)15-12-16-26(28)20(7)8/h11-22,29-30H,1-10H3/t21-,22-/m0/s1. The van der Waals surface area contributed by atoms with Crippen LogP contribution in [0.5, 0.6) is 0 Å². The van der Waals surface area contributed by atoms with Crippen LogP contribution in [0.2, 0.25) is 0 Å². The van der Waals surface area contributed by atoms with E-state index in [-0.39, 0.29) is 0 Å². The Balaban J connectivity index is 2.34. The third kappa shape index (κ3) is 5.59. The van der Waals surface area contributed by atoms with Crippen molar-refractivity contribution in [2.24, 2.45) is 0 Å². The van der Waals surface area contributed by atoms with Gasteiger partial charge in [-0.2, -0.15) is 0 Å². The minimum Gasteiger partial charge on any atom is -0.380 e. The molecule has 0 aliphatic rings. The fraction of sp³-hybridized carbons (Fsp3) is 0.571. The average molecular weight is 409 g/mol. The third-order valence-electron chi connectivity index (χ3n) is 6.24. The summed E-state index contributed by atoms with van der Waals surface area (Å²) in [6.45, 7) is 22.9. The van der Waals surface area contributed by atoms with Gasteiger partial charge in [-0.1, -0.05) is 91.8 Å². The van der Waals surface area contributed by atoms with E-state index in [1.807, 2.05) is 0 Å². The Kier molecular flexibility index (Phi) is 8.41. The van der Waals surface area contributed by atoms with E-state index >= 15 is 0 Å². The Hall–Kier alpha value is -1.96. The van der Waals surface area contributed by atoms with Gasteiger partial charge in [0.05, 0.1) is 0 Å². The fourth-order valence-electron chi connectivity index (χ4n) is 4.14. The minimum absolute atomic E-state index is 0.294. The van der Waals surface area contributed by atoms with Crippen molar-refractivity contribution in [3.63, 3.8) is 0 Å². The van der Waals surface area contributed by atoms with Gasteiger partial charge in [-0.25, -0.2) is 0 Å². The van der Waals surface area contributed by atoms with Gasteiger partial charge in [0.1, 0.15) is 0 Å². The van der Waals surface area contributed by atoms with E-state index in [1.54, 1.807) is 0 Å². The van der Waals surface area contributed by atoms with E-state index in [4.69, 9.17) is 0 Å². The number of anilines is 2. The molecule has 2 nitrogen and oxygen atoms in total. The molecule has 2 aromatic carbocycles. The molecule has 0 aromatic heterocycles. The zero-order chi connectivity index (χ0) is 22.6. The van der Waals surface area contributed by atoms with Gasteiger partial charge in [0, 0.05) is 23.5 Å². The molecule has 2 N–H and O–H groups in total. The second kappa shape index (κ2) is 10.4. The molecule has 0 aliphatic heterocycles. The summed E-state index contributed by atoms with van der Waals surface area (Å²) in [4.78, 5) is 0. The lowest BCUT2D eigenvalue weighted by atomic mass is 9.91. The lowest BCUT2D eigenvalue weighted by Crippen LogP contribution is -2.36. The lowest BCUT2D eigenvalue weighted by Gasteiger charge is -2.31. The minimum atomic E-state index is 0.294. The monoisotopic (exact) mass is 408 g/mol. The van der Waals surface area contributed by atoms with Crippen LogP contribution in [-0.2, 0) is 0 Å². The maximum absolute atomic E-state index is 3.90. The highest BCUT2D eigenvalue weighted by Gasteiger charge is 2.21. The van der Waals surface area contributed by atoms with Crippen LogP contribution in [0.25, 0.3) is 0 Å². The van der Waals surface area contributed by atoms with Gasteiger partial charge in [0.15, 0.2) is 0 Å². The molecule has 0 saturated heterocycles. The Bertz CT molecular complexity index is 695. The number of hydrogen-bond acceptors (Lipinski definition) is 2. The molecular weight excluding hydrogens is 364 g/mol. The summed E-state index contributed by atoms with van der Waals surface area (Å²) in [6.07, 6.45) is 0. The van der Waals surface area contributed by atoms with Crippen LogP contribution < -0.4 is 10.6 Å². The second-order valence-corrected chi connectivity index (χ2v) is 10.1. The molecule has 0 saturated carbocycles. The van der Waals surface area contributed by atoms with E-state index < -0.39 is 0 Å². The molecule has 0 aliphatic carbocycles. The van der Waals surface area contributed by atoms with Crippen molar-refractivity contribution in [1.82, 2.24) is 0 Å². The quantitative estimate of drug-likeness (QED) is 0.434. The topological polar surface area (TPSA) is 24.1 Å². The first-order chi connectivity index (χ1) is 14.0. The molecule has 2 heteroatoms. The van der Waals surface area contributed by atoms with Crippen LogP contribution in [0.1, 0.15) is 115 Å². The number of para-hydroxylation sites is 2. The van der Waals surface area contributed by atoms with Crippen molar-refractivity contribution in [2.75, 3.05) is 10.6 Å². The summed E-state index contributed by atoms with van der Waals surface area (Å²) >= 11 is 0. The van der Waals surface area contributed by atoms with Gasteiger partial charge in [-0.15, -0.1) is 0 Å². The van der Waals surface area contributed by atoms with Crippen LogP contribution in [0.4, 0.5) is 11.4 Å². The van der Waals surface area contributed by atoms with Crippen molar-refractivity contribution >= 4 is 11.4 Å². The largest absolute Gasteiger partial charge is 0.380 e. The van der Waals surface area contributed by atoms with Crippen molar-refractivity contribution in [2.45, 2.75) is 105 Å². The molecule has 0 fully saturated rings. The maximum Gasteiger partial charge on any atom is 0.0432 e. The zero-order valence-corrected chi connectivity index (χ0v) is 20.9. The zero-order valence-electron chi connectivity index (χ0n) is 20.9. The van der Waals surface area contributed by atoms with E-state index in [2.05, 4.69) is 116 Å². The van der Waals surface area contributed by atoms with Gasteiger partial charge < -0.3 is 10.6 Å². The Morgan fingerprint density at radius 3 is 0.867 bits per heavy atom. The third-order valence-corrected chi connectivity index (χ3v) is 6.24. The molecular formula is C28H44N2. The highest BCUT2D eigenvalue weighted by molar-refractivity contribution is 5.63. The first-order valence-electron chi connectivity index (χ1n) is 11.8. The van der Waals surface area contributed by atoms with Gasteiger partial charge in [-0.05, 0) is 59.8 Å². The number of rotatable bonds is 9. The summed E-state index contributed by atoms with van der Waals surface area (Å²) in [5, 5.41) is 7.79. The average Bonchev–Trinajstić information content (AvgIpc) is 2.67. The van der Waals surface area contributed by atoms with Crippen molar-refractivity contribution in [1.29, 1.82) is 0 Å². The number of nitrogens with one attached hydrogen (secondary N) is 2. The van der Waals surface area contributed by atoms with E-state index in [0.29, 0.717) is 35.8 Å². The second-order valence-electron chi connectivity index (χ2n) is 10.1. The van der Waals surface area contributed by atoms with Gasteiger partial charge in [0.25, 0.3) is 0 Å². The molecule has 0 heterocycles. The molecule has 2 rings (SSSR count). The molecule has 0 unspecified atom stereocenters. The summed E-state index contributed by atoms with van der Waals surface area (Å²) < 4.78 is 0. The molecule has 2 aromatic rings. The predicted octanol–water partition coefficient (Wildman–Crippen LogP) is 8.48. The van der Waals surface area contributed by atoms with Crippen molar-refractivity contribution in [3.05, 3.63) is 58.7 Å². The molecule has 166 valence electrons. The molecule has 2 atom stereocenters. The van der Waals surface area contributed by atoms with E-state index in [0.717, 1.165) is 0 Å². The van der Waals surface area contributed by atoms with Crippen LogP contribution in [0.3, 0.4) is 0 Å². The summed E-state index contributed by atoms with van der Waals surface area (Å²) in [7, 11) is 0.